The molecular weight excluding hydrogens is 281 g/mol. The van der Waals surface area contributed by atoms with Crippen molar-refractivity contribution < 1.29 is 66.1 Å². The smallest absolute Gasteiger partial charge is 0.548 e. The van der Waals surface area contributed by atoms with E-state index in [1.807, 2.05) is 0 Å². The van der Waals surface area contributed by atoms with Crippen molar-refractivity contribution in [3.8, 4) is 0 Å². The first-order valence-electron chi connectivity index (χ1n) is 7.49. The third-order valence-electron chi connectivity index (χ3n) is 3.24. The maximum atomic E-state index is 11.6. The Labute approximate surface area is 165 Å². The summed E-state index contributed by atoms with van der Waals surface area (Å²) in [5.74, 6) is -1.54. The molecule has 1 amide bonds. The van der Waals surface area contributed by atoms with Crippen LogP contribution in [0.15, 0.2) is 0 Å². The van der Waals surface area contributed by atoms with E-state index in [0.717, 1.165) is 19.3 Å². The van der Waals surface area contributed by atoms with Gasteiger partial charge in [0.25, 0.3) is 0 Å². The van der Waals surface area contributed by atoms with Crippen LogP contribution in [0, 0.1) is 5.92 Å². The first kappa shape index (κ1) is 22.9. The molecule has 0 unspecified atom stereocenters. The van der Waals surface area contributed by atoms with Gasteiger partial charge in [0.05, 0.1) is 12.0 Å². The van der Waals surface area contributed by atoms with Gasteiger partial charge in [-0.05, 0) is 12.3 Å². The van der Waals surface area contributed by atoms with Crippen molar-refractivity contribution in [3.63, 3.8) is 0 Å². The van der Waals surface area contributed by atoms with Gasteiger partial charge in [-0.25, -0.2) is 0 Å². The van der Waals surface area contributed by atoms with Crippen molar-refractivity contribution in [1.82, 2.24) is 5.32 Å². The molecule has 0 rings (SSSR count). The summed E-state index contributed by atoms with van der Waals surface area (Å²) in [5.41, 5.74) is 0. The molecule has 0 aromatic rings. The summed E-state index contributed by atoms with van der Waals surface area (Å²) in [6, 6.07) is -0.878. The molecule has 0 radical (unpaired) electrons. The number of aliphatic carboxylic acids is 1. The first-order chi connectivity index (χ1) is 8.99. The number of hydrogen-bond donors (Lipinski definition) is 1. The van der Waals surface area contributed by atoms with E-state index >= 15 is 0 Å². The molecule has 0 aliphatic rings. The van der Waals surface area contributed by atoms with Crippen LogP contribution < -0.4 is 61.8 Å². The standard InChI is InChI=1S/C15H29NO3.K/c1-4-5-6-7-8-9-10-11-13(17)16-14(12(2)3)15(18)19;/h12,14H,4-11H2,1-3H3,(H,16,17)(H,18,19);/q;+1/p-1/t14-;/m0./s1. The Morgan fingerprint density at radius 1 is 1.00 bits per heavy atom. The van der Waals surface area contributed by atoms with Gasteiger partial charge in [-0.1, -0.05) is 59.3 Å². The van der Waals surface area contributed by atoms with Crippen LogP contribution in [0.25, 0.3) is 0 Å². The zero-order chi connectivity index (χ0) is 14.7. The fraction of sp³-hybridized carbons (Fsp3) is 0.867. The third-order valence-corrected chi connectivity index (χ3v) is 3.24. The van der Waals surface area contributed by atoms with Crippen LogP contribution in [0.3, 0.4) is 0 Å². The molecule has 0 heterocycles. The average molecular weight is 309 g/mol. The molecule has 5 heteroatoms. The van der Waals surface area contributed by atoms with Gasteiger partial charge in [-0.3, -0.25) is 4.79 Å². The molecule has 0 saturated carbocycles. The van der Waals surface area contributed by atoms with Crippen LogP contribution in [-0.2, 0) is 9.59 Å². The molecule has 0 saturated heterocycles. The summed E-state index contributed by atoms with van der Waals surface area (Å²) in [4.78, 5) is 22.4. The fourth-order valence-electron chi connectivity index (χ4n) is 1.99. The Bertz CT molecular complexity index is 270. The van der Waals surface area contributed by atoms with Crippen LogP contribution >= 0.6 is 0 Å². The van der Waals surface area contributed by atoms with Gasteiger partial charge in [0.1, 0.15) is 0 Å². The Morgan fingerprint density at radius 2 is 1.50 bits per heavy atom. The van der Waals surface area contributed by atoms with Crippen molar-refractivity contribution in [3.05, 3.63) is 0 Å². The number of carbonyl (C=O) groups excluding carboxylic acids is 2. The van der Waals surface area contributed by atoms with E-state index in [4.69, 9.17) is 0 Å². The third kappa shape index (κ3) is 12.3. The van der Waals surface area contributed by atoms with E-state index in [2.05, 4.69) is 12.2 Å². The number of amides is 1. The summed E-state index contributed by atoms with van der Waals surface area (Å²) in [6.45, 7) is 5.70. The minimum Gasteiger partial charge on any atom is -0.548 e. The summed E-state index contributed by atoms with van der Waals surface area (Å²) < 4.78 is 0. The SMILES string of the molecule is CCCCCCCCCC(=O)N[C@H](C(=O)[O-])C(C)C.[K+]. The second-order valence-electron chi connectivity index (χ2n) is 5.48. The van der Waals surface area contributed by atoms with Crippen LogP contribution in [0.4, 0.5) is 0 Å². The summed E-state index contributed by atoms with van der Waals surface area (Å²) in [6.07, 6.45) is 8.44. The van der Waals surface area contributed by atoms with Crippen LogP contribution in [0.1, 0.15) is 72.1 Å². The number of carboxylic acid groups (broad SMARTS) is 1. The summed E-state index contributed by atoms with van der Waals surface area (Å²) >= 11 is 0. The van der Waals surface area contributed by atoms with Crippen molar-refractivity contribution in [2.75, 3.05) is 0 Å². The molecule has 0 aromatic heterocycles. The molecular formula is C15H28KNO3. The Balaban J connectivity index is 0. The monoisotopic (exact) mass is 309 g/mol. The van der Waals surface area contributed by atoms with E-state index < -0.39 is 12.0 Å². The summed E-state index contributed by atoms with van der Waals surface area (Å²) in [5, 5.41) is 13.4. The predicted octanol–water partition coefficient (Wildman–Crippen LogP) is -0.978. The van der Waals surface area contributed by atoms with Gasteiger partial charge in [-0.2, -0.15) is 0 Å². The maximum Gasteiger partial charge on any atom is 1.00 e. The topological polar surface area (TPSA) is 69.2 Å². The second-order valence-corrected chi connectivity index (χ2v) is 5.48. The van der Waals surface area contributed by atoms with Gasteiger partial charge in [0.15, 0.2) is 0 Å². The molecule has 0 bridgehead atoms. The number of unbranched alkanes of at least 4 members (excludes halogenated alkanes) is 6. The quantitative estimate of drug-likeness (QED) is 0.394. The average Bonchev–Trinajstić information content (AvgIpc) is 2.34. The molecule has 0 aromatic carbocycles. The molecule has 0 fully saturated rings. The van der Waals surface area contributed by atoms with Gasteiger partial charge in [-0.15, -0.1) is 0 Å². The number of carbonyl (C=O) groups is 2. The van der Waals surface area contributed by atoms with E-state index in [-0.39, 0.29) is 63.2 Å². The fourth-order valence-corrected chi connectivity index (χ4v) is 1.99. The molecule has 4 nitrogen and oxygen atoms in total. The Hall–Kier alpha value is 0.576. The molecule has 112 valence electrons. The Morgan fingerprint density at radius 3 is 1.95 bits per heavy atom. The molecule has 0 spiro atoms. The van der Waals surface area contributed by atoms with Gasteiger partial charge >= 0.3 is 51.4 Å². The molecule has 0 aliphatic heterocycles. The molecule has 0 aliphatic carbocycles. The van der Waals surface area contributed by atoms with E-state index in [0.29, 0.717) is 6.42 Å². The van der Waals surface area contributed by atoms with E-state index in [9.17, 15) is 14.7 Å². The molecule has 20 heavy (non-hydrogen) atoms. The van der Waals surface area contributed by atoms with Crippen LogP contribution in [0.2, 0.25) is 0 Å². The minimum absolute atomic E-state index is 0. The Kier molecular flexibility index (Phi) is 16.6. The summed E-state index contributed by atoms with van der Waals surface area (Å²) in [7, 11) is 0. The largest absolute Gasteiger partial charge is 1.00 e. The van der Waals surface area contributed by atoms with Gasteiger partial charge in [0, 0.05) is 6.42 Å². The second kappa shape index (κ2) is 14.5. The van der Waals surface area contributed by atoms with Crippen LogP contribution in [-0.4, -0.2) is 17.9 Å². The van der Waals surface area contributed by atoms with E-state index in [1.165, 1.54) is 25.7 Å². The van der Waals surface area contributed by atoms with Crippen molar-refractivity contribution in [2.24, 2.45) is 5.92 Å². The van der Waals surface area contributed by atoms with Gasteiger partial charge in [0.2, 0.25) is 5.91 Å². The van der Waals surface area contributed by atoms with Crippen molar-refractivity contribution in [2.45, 2.75) is 78.2 Å². The number of carboxylic acids is 1. The zero-order valence-corrected chi connectivity index (χ0v) is 16.7. The number of nitrogens with one attached hydrogen (secondary N) is 1. The normalized spacial score (nSPS) is 11.8. The van der Waals surface area contributed by atoms with E-state index in [1.54, 1.807) is 13.8 Å². The number of hydrogen-bond acceptors (Lipinski definition) is 3. The molecule has 1 N–H and O–H groups in total. The first-order valence-corrected chi connectivity index (χ1v) is 7.49. The van der Waals surface area contributed by atoms with Gasteiger partial charge < -0.3 is 15.2 Å². The minimum atomic E-state index is -1.21. The molecule has 1 atom stereocenters. The van der Waals surface area contributed by atoms with Crippen molar-refractivity contribution >= 4 is 11.9 Å². The number of rotatable bonds is 11. The van der Waals surface area contributed by atoms with Crippen LogP contribution in [0.5, 0.6) is 0 Å². The predicted molar refractivity (Wildman–Crippen MR) is 74.4 cm³/mol. The van der Waals surface area contributed by atoms with Crippen molar-refractivity contribution in [1.29, 1.82) is 0 Å². The zero-order valence-electron chi connectivity index (χ0n) is 13.5. The maximum absolute atomic E-state index is 11.6.